The van der Waals surface area contributed by atoms with Crippen molar-refractivity contribution in [3.63, 3.8) is 0 Å². The average molecular weight is 549 g/mol. The third kappa shape index (κ3) is 15.2. The van der Waals surface area contributed by atoms with E-state index in [9.17, 15) is 42.8 Å². The molecular formula is C21H33FN6O10. The molecule has 0 spiro atoms. The maximum absolute atomic E-state index is 12.4. The number of hydrogen-bond acceptors (Lipinski definition) is 12. The average Bonchev–Trinajstić information content (AvgIpc) is 2.89. The van der Waals surface area contributed by atoms with Gasteiger partial charge in [-0.15, -0.1) is 10.0 Å². The predicted octanol–water partition coefficient (Wildman–Crippen LogP) is -4.04. The molecule has 0 radical (unpaired) electrons. The highest BCUT2D eigenvalue weighted by Gasteiger charge is 2.23. The molecule has 0 saturated heterocycles. The standard InChI is InChI=1S/C21H33FN6O10/c1-37-20(35)12-27(18(33)8-24-16(31)6-23)10-14(29)4-3-5-15(30)11-28(13-21(36)38-2)19(34)9-25-17(32)7-26-22/h26H,3-13,23H2,1-2H3,(H,24,31)(H,25,32). The van der Waals surface area contributed by atoms with Crippen LogP contribution in [0.5, 0.6) is 0 Å². The summed E-state index contributed by atoms with van der Waals surface area (Å²) < 4.78 is 20.9. The van der Waals surface area contributed by atoms with Gasteiger partial charge in [0.2, 0.25) is 23.6 Å². The van der Waals surface area contributed by atoms with Gasteiger partial charge in [-0.2, -0.15) is 0 Å². The van der Waals surface area contributed by atoms with E-state index in [-0.39, 0.29) is 25.8 Å². The van der Waals surface area contributed by atoms with Gasteiger partial charge in [0.25, 0.3) is 0 Å². The summed E-state index contributed by atoms with van der Waals surface area (Å²) in [5.41, 5.74) is 6.25. The van der Waals surface area contributed by atoms with E-state index in [1.54, 1.807) is 0 Å². The molecule has 0 aromatic heterocycles. The predicted molar refractivity (Wildman–Crippen MR) is 125 cm³/mol. The molecule has 0 unspecified atom stereocenters. The van der Waals surface area contributed by atoms with Gasteiger partial charge in [-0.1, -0.05) is 0 Å². The van der Waals surface area contributed by atoms with E-state index in [2.05, 4.69) is 20.1 Å². The van der Waals surface area contributed by atoms with E-state index in [4.69, 9.17) is 5.73 Å². The van der Waals surface area contributed by atoms with Crippen molar-refractivity contribution in [3.8, 4) is 0 Å². The minimum atomic E-state index is -0.829. The Kier molecular flexibility index (Phi) is 17.2. The van der Waals surface area contributed by atoms with E-state index in [0.717, 1.165) is 29.6 Å². The molecule has 0 heterocycles. The second kappa shape index (κ2) is 19.2. The van der Waals surface area contributed by atoms with E-state index >= 15 is 0 Å². The molecule has 0 rings (SSSR count). The topological polar surface area (TPSA) is 224 Å². The van der Waals surface area contributed by atoms with Gasteiger partial charge in [-0.3, -0.25) is 38.4 Å². The van der Waals surface area contributed by atoms with Gasteiger partial charge in [0.15, 0.2) is 11.6 Å². The molecular weight excluding hydrogens is 515 g/mol. The third-order valence-corrected chi connectivity index (χ3v) is 4.73. The number of methoxy groups -OCH3 is 2. The molecule has 38 heavy (non-hydrogen) atoms. The van der Waals surface area contributed by atoms with Gasteiger partial charge in [0.05, 0.1) is 46.9 Å². The van der Waals surface area contributed by atoms with E-state index in [1.807, 2.05) is 0 Å². The van der Waals surface area contributed by atoms with Crippen LogP contribution in [0.4, 0.5) is 4.48 Å². The molecule has 4 amide bonds. The Morgan fingerprint density at radius 3 is 1.47 bits per heavy atom. The summed E-state index contributed by atoms with van der Waals surface area (Å²) in [6.45, 7) is -4.27. The number of nitrogens with zero attached hydrogens (tertiary/aromatic N) is 2. The maximum atomic E-state index is 12.4. The number of nitrogens with one attached hydrogen (secondary N) is 3. The highest BCUT2D eigenvalue weighted by Crippen LogP contribution is 2.03. The van der Waals surface area contributed by atoms with E-state index in [1.165, 1.54) is 0 Å². The molecule has 16 nitrogen and oxygen atoms in total. The number of carbonyl (C=O) groups excluding carboxylic acids is 8. The fraction of sp³-hybridized carbons (Fsp3) is 0.619. The van der Waals surface area contributed by atoms with Crippen LogP contribution in [0.3, 0.4) is 0 Å². The molecule has 5 N–H and O–H groups in total. The van der Waals surface area contributed by atoms with Crippen LogP contribution in [0.15, 0.2) is 0 Å². The Labute approximate surface area is 217 Å². The molecule has 0 aliphatic carbocycles. The number of ketones is 2. The lowest BCUT2D eigenvalue weighted by molar-refractivity contribution is -0.148. The van der Waals surface area contributed by atoms with Crippen LogP contribution in [0.2, 0.25) is 0 Å². The van der Waals surface area contributed by atoms with Gasteiger partial charge in [0, 0.05) is 12.8 Å². The van der Waals surface area contributed by atoms with Crippen molar-refractivity contribution in [1.82, 2.24) is 26.0 Å². The van der Waals surface area contributed by atoms with Crippen molar-refractivity contribution in [2.75, 3.05) is 66.6 Å². The van der Waals surface area contributed by atoms with Gasteiger partial charge >= 0.3 is 11.9 Å². The molecule has 0 aromatic carbocycles. The van der Waals surface area contributed by atoms with Crippen LogP contribution in [-0.2, 0) is 47.8 Å². The first-order valence-electron chi connectivity index (χ1n) is 11.3. The lowest BCUT2D eigenvalue weighted by Gasteiger charge is -2.21. The number of esters is 2. The zero-order valence-electron chi connectivity index (χ0n) is 21.2. The summed E-state index contributed by atoms with van der Waals surface area (Å²) >= 11 is 0. The van der Waals surface area contributed by atoms with Crippen molar-refractivity contribution >= 4 is 47.1 Å². The fourth-order valence-corrected chi connectivity index (χ4v) is 2.74. The number of amides is 4. The number of Topliss-reactive ketones (excluding diaryl/α,β-unsaturated/α-hetero) is 2. The van der Waals surface area contributed by atoms with Crippen molar-refractivity contribution in [2.24, 2.45) is 5.73 Å². The van der Waals surface area contributed by atoms with Gasteiger partial charge in [-0.25, -0.2) is 0 Å². The SMILES string of the molecule is COC(=O)CN(CC(=O)CCCC(=O)CN(CC(=O)OC)C(=O)CNC(=O)CNF)C(=O)CNC(=O)CN. The highest BCUT2D eigenvalue weighted by atomic mass is 19.2. The summed E-state index contributed by atoms with van der Waals surface area (Å²) in [5, 5.41) is 4.34. The van der Waals surface area contributed by atoms with Crippen LogP contribution in [0.25, 0.3) is 0 Å². The summed E-state index contributed by atoms with van der Waals surface area (Å²) in [6, 6.07) is 0. The zero-order chi connectivity index (χ0) is 29.1. The van der Waals surface area contributed by atoms with Crippen LogP contribution < -0.4 is 21.9 Å². The normalized spacial score (nSPS) is 10.1. The number of hydrogen-bond donors (Lipinski definition) is 4. The Bertz CT molecular complexity index is 885. The van der Waals surface area contributed by atoms with Crippen molar-refractivity contribution in [2.45, 2.75) is 19.3 Å². The summed E-state index contributed by atoms with van der Waals surface area (Å²) in [6.07, 6.45) is -0.309. The smallest absolute Gasteiger partial charge is 0.325 e. The lowest BCUT2D eigenvalue weighted by Crippen LogP contribution is -2.46. The number of ether oxygens (including phenoxy) is 2. The first-order valence-corrected chi connectivity index (χ1v) is 11.3. The molecule has 17 heteroatoms. The fourth-order valence-electron chi connectivity index (χ4n) is 2.74. The lowest BCUT2D eigenvalue weighted by atomic mass is 10.1. The molecule has 0 saturated carbocycles. The monoisotopic (exact) mass is 548 g/mol. The molecule has 0 bridgehead atoms. The third-order valence-electron chi connectivity index (χ3n) is 4.73. The van der Waals surface area contributed by atoms with Crippen LogP contribution in [0, 0.1) is 0 Å². The molecule has 0 aliphatic heterocycles. The summed E-state index contributed by atoms with van der Waals surface area (Å²) in [7, 11) is 2.17. The second-order valence-corrected chi connectivity index (χ2v) is 7.65. The van der Waals surface area contributed by atoms with Crippen molar-refractivity contribution in [3.05, 3.63) is 0 Å². The minimum absolute atomic E-state index is 0.0288. The summed E-state index contributed by atoms with van der Waals surface area (Å²) in [5.74, 6) is -5.59. The Morgan fingerprint density at radius 2 is 1.11 bits per heavy atom. The molecule has 0 atom stereocenters. The van der Waals surface area contributed by atoms with Crippen LogP contribution in [0.1, 0.15) is 19.3 Å². The number of rotatable bonds is 19. The Morgan fingerprint density at radius 1 is 0.684 bits per heavy atom. The van der Waals surface area contributed by atoms with Crippen LogP contribution in [-0.4, -0.2) is 124 Å². The quantitative estimate of drug-likeness (QED) is 0.0894. The number of nitrogens with two attached hydrogens (primary N) is 1. The van der Waals surface area contributed by atoms with Crippen molar-refractivity contribution < 1.29 is 52.3 Å². The molecule has 214 valence electrons. The van der Waals surface area contributed by atoms with Gasteiger partial charge in [-0.05, 0) is 6.42 Å². The molecule has 0 aliphatic rings. The second-order valence-electron chi connectivity index (χ2n) is 7.65. The molecule has 0 fully saturated rings. The van der Waals surface area contributed by atoms with E-state index < -0.39 is 92.9 Å². The zero-order valence-corrected chi connectivity index (χ0v) is 21.2. The van der Waals surface area contributed by atoms with Crippen LogP contribution >= 0.6 is 0 Å². The van der Waals surface area contributed by atoms with Crippen molar-refractivity contribution in [1.29, 1.82) is 0 Å². The number of carbonyl (C=O) groups is 8. The highest BCUT2D eigenvalue weighted by molar-refractivity contribution is 5.93. The van der Waals surface area contributed by atoms with Gasteiger partial charge in [0.1, 0.15) is 19.6 Å². The summed E-state index contributed by atoms with van der Waals surface area (Å²) in [4.78, 5) is 96.8. The largest absolute Gasteiger partial charge is 0.468 e. The first kappa shape index (κ1) is 34.0. The minimum Gasteiger partial charge on any atom is -0.468 e. The maximum Gasteiger partial charge on any atom is 0.325 e. The Hall–Kier alpha value is -3.99. The first-order chi connectivity index (χ1) is 18.0. The molecule has 0 aromatic rings. The Balaban J connectivity index is 4.90. The number of halogens is 1. The van der Waals surface area contributed by atoms with E-state index in [0.29, 0.717) is 0 Å². The van der Waals surface area contributed by atoms with Gasteiger partial charge < -0.3 is 35.6 Å².